The van der Waals surface area contributed by atoms with Gasteiger partial charge < -0.3 is 5.11 Å². The van der Waals surface area contributed by atoms with E-state index in [4.69, 9.17) is 16.7 Å². The maximum atomic E-state index is 11.7. The zero-order chi connectivity index (χ0) is 13.1. The third-order valence-corrected chi connectivity index (χ3v) is 3.01. The van der Waals surface area contributed by atoms with E-state index in [1.165, 1.54) is 0 Å². The van der Waals surface area contributed by atoms with Crippen LogP contribution in [0.3, 0.4) is 0 Å². The number of likely N-dealkylation sites (tertiary alicyclic amines) is 1. The van der Waals surface area contributed by atoms with E-state index >= 15 is 0 Å². The molecule has 1 heterocycles. The smallest absolute Gasteiger partial charge is 0.259 e. The Morgan fingerprint density at radius 1 is 1.39 bits per heavy atom. The van der Waals surface area contributed by atoms with Crippen LogP contribution in [0.2, 0.25) is 5.02 Å². The zero-order valence-electron chi connectivity index (χ0n) is 9.60. The molecule has 5 nitrogen and oxygen atoms in total. The number of aliphatic hydroxyl groups excluding tert-OH is 1. The Morgan fingerprint density at radius 2 is 2.06 bits per heavy atom. The molecule has 1 fully saturated rings. The lowest BCUT2D eigenvalue weighted by atomic mass is 10.1. The minimum atomic E-state index is -0.508. The van der Waals surface area contributed by atoms with Crippen molar-refractivity contribution < 1.29 is 14.7 Å². The monoisotopic (exact) mass is 268 g/mol. The topological polar surface area (TPSA) is 69.6 Å². The molecule has 0 aliphatic carbocycles. The van der Waals surface area contributed by atoms with Crippen LogP contribution in [0.5, 0.6) is 0 Å². The highest BCUT2D eigenvalue weighted by Crippen LogP contribution is 2.14. The molecule has 0 aromatic heterocycles. The van der Waals surface area contributed by atoms with Gasteiger partial charge in [-0.05, 0) is 12.1 Å². The number of benzene rings is 1. The molecule has 0 saturated carbocycles. The number of β-amino-alcohol motifs (C(OH)–C–C–N with tert-alkyl or cyclic N) is 1. The highest BCUT2D eigenvalue weighted by Gasteiger charge is 2.26. The Morgan fingerprint density at radius 3 is 2.67 bits per heavy atom. The molecule has 1 aliphatic heterocycles. The number of nitrogens with zero attached hydrogens (tertiary/aromatic N) is 1. The molecular formula is C12H13ClN2O3. The molecule has 2 amide bonds. The van der Waals surface area contributed by atoms with E-state index in [1.807, 2.05) is 0 Å². The van der Waals surface area contributed by atoms with Gasteiger partial charge >= 0.3 is 0 Å². The van der Waals surface area contributed by atoms with Crippen LogP contribution in [0, 0.1) is 0 Å². The first kappa shape index (κ1) is 13.0. The number of carbonyl (C=O) groups excluding carboxylic acids is 2. The van der Waals surface area contributed by atoms with E-state index < -0.39 is 11.8 Å². The zero-order valence-corrected chi connectivity index (χ0v) is 10.4. The number of amides is 2. The lowest BCUT2D eigenvalue weighted by Gasteiger charge is -2.34. The van der Waals surface area contributed by atoms with Gasteiger partial charge in [-0.1, -0.05) is 23.7 Å². The van der Waals surface area contributed by atoms with Crippen LogP contribution in [0.1, 0.15) is 10.4 Å². The first-order valence-electron chi connectivity index (χ1n) is 5.55. The van der Waals surface area contributed by atoms with Gasteiger partial charge in [0.15, 0.2) is 0 Å². The van der Waals surface area contributed by atoms with E-state index in [2.05, 4.69) is 5.32 Å². The van der Waals surface area contributed by atoms with Crippen molar-refractivity contribution in [3.05, 3.63) is 34.9 Å². The van der Waals surface area contributed by atoms with Crippen LogP contribution in [0.15, 0.2) is 24.3 Å². The first-order valence-corrected chi connectivity index (χ1v) is 5.93. The lowest BCUT2D eigenvalue weighted by Crippen LogP contribution is -2.54. The molecule has 6 heteroatoms. The Balaban J connectivity index is 1.87. The fraction of sp³-hybridized carbons (Fsp3) is 0.333. The molecule has 1 aromatic carbocycles. The fourth-order valence-corrected chi connectivity index (χ4v) is 1.98. The Bertz CT molecular complexity index is 472. The van der Waals surface area contributed by atoms with Gasteiger partial charge in [0.1, 0.15) is 0 Å². The number of hydrogen-bond donors (Lipinski definition) is 2. The molecule has 2 N–H and O–H groups in total. The molecule has 1 aromatic rings. The second-order valence-electron chi connectivity index (χ2n) is 4.21. The van der Waals surface area contributed by atoms with Crippen molar-refractivity contribution in [2.45, 2.75) is 6.10 Å². The van der Waals surface area contributed by atoms with Crippen molar-refractivity contribution in [2.24, 2.45) is 0 Å². The van der Waals surface area contributed by atoms with Crippen molar-refractivity contribution >= 4 is 23.4 Å². The largest absolute Gasteiger partial charge is 0.390 e. The van der Waals surface area contributed by atoms with Gasteiger partial charge in [0, 0.05) is 13.1 Å². The summed E-state index contributed by atoms with van der Waals surface area (Å²) >= 11 is 5.85. The van der Waals surface area contributed by atoms with Gasteiger partial charge in [0.25, 0.3) is 5.91 Å². The van der Waals surface area contributed by atoms with Gasteiger partial charge in [-0.2, -0.15) is 0 Å². The minimum Gasteiger partial charge on any atom is -0.390 e. The number of rotatable bonds is 3. The molecule has 0 unspecified atom stereocenters. The van der Waals surface area contributed by atoms with Gasteiger partial charge in [-0.25, -0.2) is 0 Å². The number of imide groups is 1. The molecule has 0 bridgehead atoms. The maximum absolute atomic E-state index is 11.7. The van der Waals surface area contributed by atoms with Crippen molar-refractivity contribution in [3.63, 3.8) is 0 Å². The van der Waals surface area contributed by atoms with Crippen molar-refractivity contribution in [2.75, 3.05) is 19.6 Å². The second-order valence-corrected chi connectivity index (χ2v) is 4.61. The third-order valence-electron chi connectivity index (χ3n) is 2.68. The standard InChI is InChI=1S/C12H13ClN2O3/c13-10-4-2-1-3-9(10)12(18)14-11(17)7-15-5-8(16)6-15/h1-4,8,16H,5-7H2,(H,14,17,18). The second kappa shape index (κ2) is 5.48. The van der Waals surface area contributed by atoms with Crippen molar-refractivity contribution in [3.8, 4) is 0 Å². The maximum Gasteiger partial charge on any atom is 0.259 e. The molecule has 18 heavy (non-hydrogen) atoms. The van der Waals surface area contributed by atoms with Gasteiger partial charge in [0.05, 0.1) is 23.2 Å². The van der Waals surface area contributed by atoms with Crippen molar-refractivity contribution in [1.82, 2.24) is 10.2 Å². The number of carbonyl (C=O) groups is 2. The third kappa shape index (κ3) is 3.07. The molecule has 1 saturated heterocycles. The summed E-state index contributed by atoms with van der Waals surface area (Å²) < 4.78 is 0. The number of aliphatic hydroxyl groups is 1. The summed E-state index contributed by atoms with van der Waals surface area (Å²) in [5, 5.41) is 11.6. The summed E-state index contributed by atoms with van der Waals surface area (Å²) in [6, 6.07) is 6.53. The van der Waals surface area contributed by atoms with Crippen LogP contribution < -0.4 is 5.32 Å². The highest BCUT2D eigenvalue weighted by atomic mass is 35.5. The minimum absolute atomic E-state index is 0.104. The Labute approximate surface area is 109 Å². The average Bonchev–Trinajstić information content (AvgIpc) is 2.27. The quantitative estimate of drug-likeness (QED) is 0.826. The SMILES string of the molecule is O=C(CN1CC(O)C1)NC(=O)c1ccccc1Cl. The summed E-state index contributed by atoms with van der Waals surface area (Å²) in [6.07, 6.45) is -0.364. The number of hydrogen-bond acceptors (Lipinski definition) is 4. The summed E-state index contributed by atoms with van der Waals surface area (Å²) in [5.41, 5.74) is 0.274. The van der Waals surface area contributed by atoms with Gasteiger partial charge in [-0.15, -0.1) is 0 Å². The summed E-state index contributed by atoms with van der Waals surface area (Å²) in [6.45, 7) is 1.04. The summed E-state index contributed by atoms with van der Waals surface area (Å²) in [4.78, 5) is 25.0. The van der Waals surface area contributed by atoms with Crippen LogP contribution in [-0.2, 0) is 4.79 Å². The normalized spacial score (nSPS) is 16.1. The van der Waals surface area contributed by atoms with E-state index in [9.17, 15) is 9.59 Å². The molecule has 0 spiro atoms. The Hall–Kier alpha value is -1.43. The predicted molar refractivity (Wildman–Crippen MR) is 66.4 cm³/mol. The molecular weight excluding hydrogens is 256 g/mol. The van der Waals surface area contributed by atoms with Crippen LogP contribution in [0.4, 0.5) is 0 Å². The molecule has 2 rings (SSSR count). The van der Waals surface area contributed by atoms with Crippen LogP contribution >= 0.6 is 11.6 Å². The van der Waals surface area contributed by atoms with E-state index in [1.54, 1.807) is 29.2 Å². The van der Waals surface area contributed by atoms with Gasteiger partial charge in [0.2, 0.25) is 5.91 Å². The fourth-order valence-electron chi connectivity index (χ4n) is 1.75. The number of halogens is 1. The lowest BCUT2D eigenvalue weighted by molar-refractivity contribution is -0.123. The summed E-state index contributed by atoms with van der Waals surface area (Å²) in [5.74, 6) is -0.904. The number of nitrogens with one attached hydrogen (secondary N) is 1. The molecule has 0 atom stereocenters. The molecule has 0 radical (unpaired) electrons. The summed E-state index contributed by atoms with van der Waals surface area (Å²) in [7, 11) is 0. The van der Waals surface area contributed by atoms with Gasteiger partial charge in [-0.3, -0.25) is 19.8 Å². The van der Waals surface area contributed by atoms with Crippen LogP contribution in [-0.4, -0.2) is 47.6 Å². The predicted octanol–water partition coefficient (Wildman–Crippen LogP) is 0.273. The van der Waals surface area contributed by atoms with E-state index in [0.29, 0.717) is 18.1 Å². The Kier molecular flexibility index (Phi) is 3.96. The van der Waals surface area contributed by atoms with Crippen LogP contribution in [0.25, 0.3) is 0 Å². The van der Waals surface area contributed by atoms with E-state index in [-0.39, 0.29) is 18.2 Å². The molecule has 1 aliphatic rings. The highest BCUT2D eigenvalue weighted by molar-refractivity contribution is 6.34. The van der Waals surface area contributed by atoms with Crippen molar-refractivity contribution in [1.29, 1.82) is 0 Å². The first-order chi connectivity index (χ1) is 8.56. The van der Waals surface area contributed by atoms with E-state index in [0.717, 1.165) is 0 Å². The average molecular weight is 269 g/mol. The molecule has 96 valence electrons.